The van der Waals surface area contributed by atoms with E-state index in [-0.39, 0.29) is 12.5 Å². The molecule has 1 heterocycles. The maximum absolute atomic E-state index is 11.9. The summed E-state index contributed by atoms with van der Waals surface area (Å²) < 4.78 is 0. The molecule has 0 saturated heterocycles. The minimum absolute atomic E-state index is 0.00143. The van der Waals surface area contributed by atoms with E-state index in [0.29, 0.717) is 11.6 Å². The summed E-state index contributed by atoms with van der Waals surface area (Å²) in [5.41, 5.74) is 0.662. The van der Waals surface area contributed by atoms with Crippen molar-refractivity contribution in [3.63, 3.8) is 0 Å². The molecule has 1 rings (SSSR count). The van der Waals surface area contributed by atoms with Crippen LogP contribution in [-0.4, -0.2) is 39.2 Å². The number of nitrogens with one attached hydrogen (secondary N) is 3. The number of amides is 2. The predicted molar refractivity (Wildman–Crippen MR) is 78.9 cm³/mol. The van der Waals surface area contributed by atoms with Gasteiger partial charge in [-0.15, -0.1) is 0 Å². The fraction of sp³-hybridized carbons (Fsp3) is 0.643. The summed E-state index contributed by atoms with van der Waals surface area (Å²) in [4.78, 5) is 29.7. The van der Waals surface area contributed by atoms with E-state index in [2.05, 4.69) is 34.4 Å². The molecule has 4 N–H and O–H groups in total. The number of H-pyrrole nitrogens is 1. The molecule has 0 bridgehead atoms. The first-order valence-electron chi connectivity index (χ1n) is 7.19. The SMILES string of the molecule is CCC(C)CC(C)NC(=O)NC(Cc1cnc[nH]1)C(=O)O. The summed E-state index contributed by atoms with van der Waals surface area (Å²) in [5.74, 6) is -0.560. The van der Waals surface area contributed by atoms with Gasteiger partial charge >= 0.3 is 12.0 Å². The minimum Gasteiger partial charge on any atom is -0.480 e. The summed E-state index contributed by atoms with van der Waals surface area (Å²) in [7, 11) is 0. The number of aromatic nitrogens is 2. The van der Waals surface area contributed by atoms with E-state index in [0.717, 1.165) is 12.8 Å². The molecule has 0 aliphatic rings. The number of carboxylic acid groups (broad SMARTS) is 1. The molecule has 3 atom stereocenters. The molecule has 0 aromatic carbocycles. The molecule has 7 nitrogen and oxygen atoms in total. The van der Waals surface area contributed by atoms with Crippen molar-refractivity contribution in [2.75, 3.05) is 0 Å². The fourth-order valence-corrected chi connectivity index (χ4v) is 2.07. The Balaban J connectivity index is 2.47. The number of imidazole rings is 1. The normalized spacial score (nSPS) is 15.0. The maximum atomic E-state index is 11.9. The Morgan fingerprint density at radius 2 is 2.10 bits per heavy atom. The minimum atomic E-state index is -1.07. The summed E-state index contributed by atoms with van der Waals surface area (Å²) in [6, 6.07) is -1.44. The van der Waals surface area contributed by atoms with E-state index in [1.54, 1.807) is 6.20 Å². The van der Waals surface area contributed by atoms with Crippen molar-refractivity contribution in [2.24, 2.45) is 5.92 Å². The first kappa shape index (κ1) is 17.0. The van der Waals surface area contributed by atoms with Crippen LogP contribution in [0, 0.1) is 5.92 Å². The highest BCUT2D eigenvalue weighted by atomic mass is 16.4. The highest BCUT2D eigenvalue weighted by molar-refractivity contribution is 5.82. The molecule has 0 saturated carbocycles. The Labute approximate surface area is 124 Å². The van der Waals surface area contributed by atoms with Crippen molar-refractivity contribution in [2.45, 2.75) is 52.1 Å². The quantitative estimate of drug-likeness (QED) is 0.583. The third-order valence-corrected chi connectivity index (χ3v) is 3.41. The highest BCUT2D eigenvalue weighted by Crippen LogP contribution is 2.09. The Hall–Kier alpha value is -2.05. The van der Waals surface area contributed by atoms with Crippen LogP contribution >= 0.6 is 0 Å². The number of rotatable bonds is 8. The smallest absolute Gasteiger partial charge is 0.326 e. The van der Waals surface area contributed by atoms with Gasteiger partial charge in [-0.3, -0.25) is 0 Å². The standard InChI is InChI=1S/C14H24N4O3/c1-4-9(2)5-10(3)17-14(21)18-12(13(19)20)6-11-7-15-8-16-11/h7-10,12H,4-6H2,1-3H3,(H,15,16)(H,19,20)(H2,17,18,21). The largest absolute Gasteiger partial charge is 0.480 e. The number of aromatic amines is 1. The van der Waals surface area contributed by atoms with Gasteiger partial charge in [-0.2, -0.15) is 0 Å². The van der Waals surface area contributed by atoms with E-state index in [4.69, 9.17) is 5.11 Å². The van der Waals surface area contributed by atoms with Crippen LogP contribution in [0.5, 0.6) is 0 Å². The lowest BCUT2D eigenvalue weighted by molar-refractivity contribution is -0.139. The van der Waals surface area contributed by atoms with Crippen LogP contribution < -0.4 is 10.6 Å². The summed E-state index contributed by atoms with van der Waals surface area (Å²) in [6.07, 6.45) is 5.10. The van der Waals surface area contributed by atoms with Crippen molar-refractivity contribution in [1.82, 2.24) is 20.6 Å². The van der Waals surface area contributed by atoms with Crippen LogP contribution in [0.25, 0.3) is 0 Å². The molecule has 1 aromatic rings. The predicted octanol–water partition coefficient (Wildman–Crippen LogP) is 1.53. The molecule has 0 aliphatic heterocycles. The van der Waals surface area contributed by atoms with Crippen LogP contribution in [0.1, 0.15) is 39.3 Å². The first-order chi connectivity index (χ1) is 9.92. The van der Waals surface area contributed by atoms with Crippen LogP contribution in [-0.2, 0) is 11.2 Å². The average Bonchev–Trinajstić information content (AvgIpc) is 2.90. The number of urea groups is 1. The van der Waals surface area contributed by atoms with Crippen molar-refractivity contribution >= 4 is 12.0 Å². The maximum Gasteiger partial charge on any atom is 0.326 e. The molecule has 7 heteroatoms. The first-order valence-corrected chi connectivity index (χ1v) is 7.19. The number of aliphatic carboxylic acids is 1. The van der Waals surface area contributed by atoms with Gasteiger partial charge in [-0.1, -0.05) is 20.3 Å². The zero-order valence-corrected chi connectivity index (χ0v) is 12.7. The van der Waals surface area contributed by atoms with E-state index in [1.807, 2.05) is 6.92 Å². The van der Waals surface area contributed by atoms with Crippen LogP contribution in [0.4, 0.5) is 4.79 Å². The molecule has 1 aromatic heterocycles. The van der Waals surface area contributed by atoms with Gasteiger partial charge in [0.2, 0.25) is 0 Å². The highest BCUT2D eigenvalue weighted by Gasteiger charge is 2.21. The number of nitrogens with zero attached hydrogens (tertiary/aromatic N) is 1. The van der Waals surface area contributed by atoms with Crippen LogP contribution in [0.2, 0.25) is 0 Å². The van der Waals surface area contributed by atoms with Gasteiger partial charge in [-0.05, 0) is 19.3 Å². The third-order valence-electron chi connectivity index (χ3n) is 3.41. The molecule has 0 fully saturated rings. The van der Waals surface area contributed by atoms with Gasteiger partial charge in [0.15, 0.2) is 0 Å². The molecule has 118 valence electrons. The Kier molecular flexibility index (Phi) is 6.71. The second-order valence-electron chi connectivity index (χ2n) is 5.44. The van der Waals surface area contributed by atoms with Crippen LogP contribution in [0.15, 0.2) is 12.5 Å². The Morgan fingerprint density at radius 1 is 1.38 bits per heavy atom. The van der Waals surface area contributed by atoms with Gasteiger partial charge in [0, 0.05) is 24.4 Å². The van der Waals surface area contributed by atoms with Crippen LogP contribution in [0.3, 0.4) is 0 Å². The molecule has 0 spiro atoms. The van der Waals surface area contributed by atoms with E-state index >= 15 is 0 Å². The Morgan fingerprint density at radius 3 is 2.62 bits per heavy atom. The molecule has 3 unspecified atom stereocenters. The lowest BCUT2D eigenvalue weighted by Gasteiger charge is -2.20. The van der Waals surface area contributed by atoms with E-state index in [1.165, 1.54) is 6.33 Å². The third kappa shape index (κ3) is 6.29. The van der Waals surface area contributed by atoms with Crippen molar-refractivity contribution in [3.05, 3.63) is 18.2 Å². The Bertz CT molecular complexity index is 447. The number of carboxylic acids is 1. The van der Waals surface area contributed by atoms with Gasteiger partial charge < -0.3 is 20.7 Å². The lowest BCUT2D eigenvalue weighted by Crippen LogP contribution is -2.49. The summed E-state index contributed by atoms with van der Waals surface area (Å²) >= 11 is 0. The number of carbonyl (C=O) groups excluding carboxylic acids is 1. The van der Waals surface area contributed by atoms with E-state index < -0.39 is 18.0 Å². The zero-order valence-electron chi connectivity index (χ0n) is 12.7. The molecular formula is C14H24N4O3. The van der Waals surface area contributed by atoms with Crippen molar-refractivity contribution in [3.8, 4) is 0 Å². The van der Waals surface area contributed by atoms with Crippen molar-refractivity contribution in [1.29, 1.82) is 0 Å². The second-order valence-corrected chi connectivity index (χ2v) is 5.44. The van der Waals surface area contributed by atoms with Gasteiger partial charge in [0.25, 0.3) is 0 Å². The summed E-state index contributed by atoms with van der Waals surface area (Å²) in [6.45, 7) is 6.13. The number of hydrogen-bond acceptors (Lipinski definition) is 3. The molecule has 0 radical (unpaired) electrons. The molecular weight excluding hydrogens is 272 g/mol. The lowest BCUT2D eigenvalue weighted by atomic mass is 10.0. The topological polar surface area (TPSA) is 107 Å². The average molecular weight is 296 g/mol. The fourth-order valence-electron chi connectivity index (χ4n) is 2.07. The van der Waals surface area contributed by atoms with Gasteiger partial charge in [0.1, 0.15) is 6.04 Å². The number of hydrogen-bond donors (Lipinski definition) is 4. The molecule has 2 amide bonds. The number of carbonyl (C=O) groups is 2. The summed E-state index contributed by atoms with van der Waals surface area (Å²) in [5, 5.41) is 14.4. The second kappa shape index (κ2) is 8.28. The van der Waals surface area contributed by atoms with Gasteiger partial charge in [0.05, 0.1) is 6.33 Å². The molecule has 21 heavy (non-hydrogen) atoms. The monoisotopic (exact) mass is 296 g/mol. The zero-order chi connectivity index (χ0) is 15.8. The van der Waals surface area contributed by atoms with Gasteiger partial charge in [-0.25, -0.2) is 14.6 Å². The molecule has 0 aliphatic carbocycles. The van der Waals surface area contributed by atoms with E-state index in [9.17, 15) is 9.59 Å². The van der Waals surface area contributed by atoms with Crippen molar-refractivity contribution < 1.29 is 14.7 Å².